The van der Waals surface area contributed by atoms with Crippen LogP contribution in [0.3, 0.4) is 0 Å². The number of fused-ring (bicyclic) bond motifs is 1. The maximum absolute atomic E-state index is 13.9. The standard InChI is InChI=1S/C29H32F7N5O3/c1-38(2)9-4-7-23-26(43)39(16-18-5-3-6-22(30)13-18)17-24-40(10-8-25(42)41(23)24)27(44)37-15-19-11-20(28(31,32)33)14-21(12-19)29(34,35)36/h3,5-6,11-14,23-24H,4,7-10,15-17H2,1-2H3,(H,37,44)/p+1/t23-,24+/m0/s1. The largest absolute Gasteiger partial charge is 0.416 e. The Morgan fingerprint density at radius 2 is 1.66 bits per heavy atom. The van der Waals surface area contributed by atoms with Crippen LogP contribution in [0.1, 0.15) is 41.5 Å². The Hall–Kier alpha value is -3.72. The van der Waals surface area contributed by atoms with Crippen LogP contribution in [0.25, 0.3) is 0 Å². The van der Waals surface area contributed by atoms with Crippen molar-refractivity contribution in [3.63, 3.8) is 0 Å². The predicted octanol–water partition coefficient (Wildman–Crippen LogP) is 3.27. The van der Waals surface area contributed by atoms with Gasteiger partial charge < -0.3 is 15.1 Å². The van der Waals surface area contributed by atoms with Crippen LogP contribution in [-0.4, -0.2) is 78.5 Å². The van der Waals surface area contributed by atoms with E-state index in [1.807, 2.05) is 19.0 Å². The summed E-state index contributed by atoms with van der Waals surface area (Å²) in [5.74, 6) is -1.11. The number of carbonyl (C=O) groups excluding carboxylic acids is 3. The maximum atomic E-state index is 13.9. The Morgan fingerprint density at radius 3 is 2.25 bits per heavy atom. The van der Waals surface area contributed by atoms with Gasteiger partial charge in [-0.15, -0.1) is 0 Å². The van der Waals surface area contributed by atoms with Crippen molar-refractivity contribution >= 4 is 17.8 Å². The van der Waals surface area contributed by atoms with Gasteiger partial charge in [0.1, 0.15) is 5.82 Å². The molecule has 2 N–H and O–H groups in total. The topological polar surface area (TPSA) is 77.4 Å². The molecule has 2 heterocycles. The van der Waals surface area contributed by atoms with Crippen molar-refractivity contribution < 1.29 is 50.0 Å². The molecule has 8 nitrogen and oxygen atoms in total. The number of urea groups is 1. The summed E-state index contributed by atoms with van der Waals surface area (Å²) in [6, 6.07) is 5.08. The molecule has 1 unspecified atom stereocenters. The number of nitrogens with one attached hydrogen (secondary N) is 2. The number of quaternary nitrogens is 1. The molecule has 0 radical (unpaired) electrons. The lowest BCUT2D eigenvalue weighted by molar-refractivity contribution is -0.885. The number of nitrogens with zero attached hydrogens (tertiary/aromatic N) is 3. The smallest absolute Gasteiger partial charge is 0.334 e. The van der Waals surface area contributed by atoms with Gasteiger partial charge >= 0.3 is 24.3 Å². The minimum absolute atomic E-state index is 0.00543. The molecule has 0 saturated carbocycles. The van der Waals surface area contributed by atoms with Crippen molar-refractivity contribution in [2.75, 3.05) is 33.7 Å². The van der Waals surface area contributed by atoms with E-state index in [0.29, 0.717) is 37.1 Å². The Morgan fingerprint density at radius 1 is 1.00 bits per heavy atom. The summed E-state index contributed by atoms with van der Waals surface area (Å²) in [5.41, 5.74) is -2.92. The summed E-state index contributed by atoms with van der Waals surface area (Å²) >= 11 is 0. The highest BCUT2D eigenvalue weighted by molar-refractivity contribution is 5.85. The van der Waals surface area contributed by atoms with Crippen LogP contribution in [0.5, 0.6) is 0 Å². The number of benzene rings is 2. The fourth-order valence-electron chi connectivity index (χ4n) is 5.68. The van der Waals surface area contributed by atoms with Gasteiger partial charge in [-0.1, -0.05) is 12.1 Å². The minimum atomic E-state index is -5.04. The van der Waals surface area contributed by atoms with Crippen LogP contribution in [0.4, 0.5) is 35.5 Å². The molecular formula is C29H33F7N5O3+. The molecule has 2 aliphatic rings. The average Bonchev–Trinajstić information content (AvgIpc) is 2.92. The lowest BCUT2D eigenvalue weighted by atomic mass is 9.99. The quantitative estimate of drug-likeness (QED) is 0.439. The van der Waals surface area contributed by atoms with Crippen LogP contribution in [0.2, 0.25) is 0 Å². The number of rotatable bonds is 8. The molecule has 15 heteroatoms. The van der Waals surface area contributed by atoms with Crippen LogP contribution >= 0.6 is 0 Å². The number of hydrogen-bond donors (Lipinski definition) is 2. The van der Waals surface area contributed by atoms with E-state index in [0.717, 1.165) is 0 Å². The Balaban J connectivity index is 1.59. The molecule has 0 aliphatic carbocycles. The lowest BCUT2D eigenvalue weighted by Crippen LogP contribution is -3.27. The highest BCUT2D eigenvalue weighted by Crippen LogP contribution is 2.36. The average molecular weight is 633 g/mol. The number of carbonyl (C=O) groups is 3. The van der Waals surface area contributed by atoms with Gasteiger partial charge in [-0.25, -0.2) is 18.9 Å². The van der Waals surface area contributed by atoms with Gasteiger partial charge in [0.25, 0.3) is 5.91 Å². The molecule has 2 aromatic rings. The number of amides is 4. The second-order valence-corrected chi connectivity index (χ2v) is 11.3. The number of hydrogen-bond acceptors (Lipinski definition) is 4. The van der Waals surface area contributed by atoms with Gasteiger partial charge in [-0.3, -0.25) is 9.69 Å². The fourth-order valence-corrected chi connectivity index (χ4v) is 5.68. The van der Waals surface area contributed by atoms with Crippen molar-refractivity contribution in [2.24, 2.45) is 0 Å². The maximum Gasteiger partial charge on any atom is 0.416 e. The van der Waals surface area contributed by atoms with Crippen molar-refractivity contribution in [1.82, 2.24) is 20.0 Å². The number of alkyl halides is 6. The first-order chi connectivity index (χ1) is 20.5. The summed E-state index contributed by atoms with van der Waals surface area (Å²) in [6.07, 6.45) is -10.2. The van der Waals surface area contributed by atoms with E-state index in [1.165, 1.54) is 28.0 Å². The van der Waals surface area contributed by atoms with Gasteiger partial charge in [-0.05, 0) is 68.5 Å². The van der Waals surface area contributed by atoms with E-state index in [2.05, 4.69) is 5.32 Å². The molecule has 2 fully saturated rings. The predicted molar refractivity (Wildman–Crippen MR) is 143 cm³/mol. The molecule has 3 atom stereocenters. The number of piperazine rings is 1. The Bertz CT molecular complexity index is 1350. The third-order valence-corrected chi connectivity index (χ3v) is 7.73. The Labute approximate surface area is 249 Å². The molecular weight excluding hydrogens is 599 g/mol. The third-order valence-electron chi connectivity index (χ3n) is 7.73. The summed E-state index contributed by atoms with van der Waals surface area (Å²) in [4.78, 5) is 45.1. The second-order valence-electron chi connectivity index (χ2n) is 11.3. The molecule has 4 amide bonds. The van der Waals surface area contributed by atoms with Gasteiger partial charge in [0, 0.05) is 26.1 Å². The summed E-state index contributed by atoms with van der Waals surface area (Å²) in [6.45, 7) is -0.159. The van der Waals surface area contributed by atoms with Crippen molar-refractivity contribution in [3.8, 4) is 0 Å². The molecule has 2 aromatic carbocycles. The molecule has 2 saturated heterocycles. The highest BCUT2D eigenvalue weighted by Gasteiger charge is 2.53. The molecule has 44 heavy (non-hydrogen) atoms. The van der Waals surface area contributed by atoms with Crippen LogP contribution < -0.4 is 10.2 Å². The number of halogens is 7. The van der Waals surface area contributed by atoms with Crippen LogP contribution in [0, 0.1) is 5.82 Å². The van der Waals surface area contributed by atoms with Crippen molar-refractivity contribution in [2.45, 2.75) is 56.9 Å². The fraction of sp³-hybridized carbons (Fsp3) is 0.483. The molecule has 4 rings (SSSR count). The SMILES string of the molecule is CN(C)CCC[C@H]1C(=O)N(Cc2cccc(F)c2)C[C@@H]2N(C(=O)NCc3cc(C(F)(F)F)cc(C(F)(F)F)c3)CCC(=O)[NH+]21. The second kappa shape index (κ2) is 13.1. The van der Waals surface area contributed by atoms with Gasteiger partial charge in [0.15, 0.2) is 12.2 Å². The monoisotopic (exact) mass is 632 g/mol. The van der Waals surface area contributed by atoms with E-state index in [1.54, 1.807) is 6.07 Å². The van der Waals surface area contributed by atoms with E-state index >= 15 is 0 Å². The first kappa shape index (κ1) is 33.2. The summed E-state index contributed by atoms with van der Waals surface area (Å²) in [5, 5.41) is 2.40. The third kappa shape index (κ3) is 7.86. The molecule has 0 spiro atoms. The summed E-state index contributed by atoms with van der Waals surface area (Å²) < 4.78 is 93.8. The van der Waals surface area contributed by atoms with Crippen LogP contribution in [-0.2, 0) is 35.0 Å². The van der Waals surface area contributed by atoms with Gasteiger partial charge in [0.2, 0.25) is 0 Å². The zero-order valence-electron chi connectivity index (χ0n) is 24.1. The highest BCUT2D eigenvalue weighted by atomic mass is 19.4. The van der Waals surface area contributed by atoms with Crippen molar-refractivity contribution in [3.05, 3.63) is 70.5 Å². The van der Waals surface area contributed by atoms with Gasteiger partial charge in [0.05, 0.1) is 24.1 Å². The lowest BCUT2D eigenvalue weighted by Gasteiger charge is -2.48. The van der Waals surface area contributed by atoms with E-state index in [-0.39, 0.29) is 48.8 Å². The molecule has 2 aliphatic heterocycles. The molecule has 0 bridgehead atoms. The molecule has 0 aromatic heterocycles. The first-order valence-electron chi connectivity index (χ1n) is 14.0. The van der Waals surface area contributed by atoms with Crippen LogP contribution in [0.15, 0.2) is 42.5 Å². The van der Waals surface area contributed by atoms with E-state index in [4.69, 9.17) is 0 Å². The minimum Gasteiger partial charge on any atom is -0.334 e. The normalized spacial score (nSPS) is 21.1. The zero-order chi connectivity index (χ0) is 32.4. The summed E-state index contributed by atoms with van der Waals surface area (Å²) in [7, 11) is 3.71. The first-order valence-corrected chi connectivity index (χ1v) is 14.0. The van der Waals surface area contributed by atoms with Gasteiger partial charge in [-0.2, -0.15) is 26.3 Å². The van der Waals surface area contributed by atoms with E-state index < -0.39 is 59.6 Å². The molecule has 240 valence electrons. The van der Waals surface area contributed by atoms with E-state index in [9.17, 15) is 45.1 Å². The zero-order valence-corrected chi connectivity index (χ0v) is 24.1. The Kier molecular flexibility index (Phi) is 9.88. The van der Waals surface area contributed by atoms with Crippen molar-refractivity contribution in [1.29, 1.82) is 0 Å².